The molecule has 0 aromatic heterocycles. The predicted octanol–water partition coefficient (Wildman–Crippen LogP) is 2.93. The average molecular weight is 473 g/mol. The van der Waals surface area contributed by atoms with Crippen LogP contribution in [0, 0.1) is 20.2 Å². The molecule has 0 N–H and O–H groups in total. The molecule has 2 fully saturated rings. The molecule has 0 amide bonds. The Morgan fingerprint density at radius 1 is 1.24 bits per heavy atom. The van der Waals surface area contributed by atoms with Crippen molar-refractivity contribution in [1.29, 1.82) is 0 Å². The number of ether oxygens (including phenoxy) is 3. The van der Waals surface area contributed by atoms with Crippen LogP contribution in [0.5, 0.6) is 0 Å². The van der Waals surface area contributed by atoms with Gasteiger partial charge in [-0.15, -0.1) is 0 Å². The molecule has 2 saturated heterocycles. The van der Waals surface area contributed by atoms with Crippen LogP contribution < -0.4 is 0 Å². The van der Waals surface area contributed by atoms with Crippen molar-refractivity contribution in [1.82, 2.24) is 0 Å². The molecule has 1 aromatic rings. The number of fused-ring (bicyclic) bond motifs is 2. The van der Waals surface area contributed by atoms with E-state index >= 15 is 0 Å². The number of benzene rings is 1. The molecule has 3 rings (SSSR count). The van der Waals surface area contributed by atoms with E-state index in [9.17, 15) is 25.0 Å². The van der Waals surface area contributed by atoms with Crippen LogP contribution in [0.15, 0.2) is 18.2 Å². The van der Waals surface area contributed by atoms with Crippen LogP contribution >= 0.6 is 0 Å². The molecule has 0 spiro atoms. The van der Waals surface area contributed by atoms with E-state index in [1.807, 2.05) is 6.92 Å². The Kier molecular flexibility index (Phi) is 5.96. The second-order valence-electron chi connectivity index (χ2n) is 7.66. The van der Waals surface area contributed by atoms with Gasteiger partial charge >= 0.3 is 173 Å². The Balaban J connectivity index is 1.76. The van der Waals surface area contributed by atoms with Crippen molar-refractivity contribution >= 4 is 32.3 Å². The van der Waals surface area contributed by atoms with Gasteiger partial charge in [-0.1, -0.05) is 0 Å². The van der Waals surface area contributed by atoms with Gasteiger partial charge in [-0.25, -0.2) is 0 Å². The summed E-state index contributed by atoms with van der Waals surface area (Å²) < 4.78 is 16.7. The normalized spacial score (nSPS) is 30.7. The van der Waals surface area contributed by atoms with E-state index in [4.69, 9.17) is 14.2 Å². The molecule has 0 aliphatic carbocycles. The molecule has 2 bridgehead atoms. The second kappa shape index (κ2) is 7.98. The topological polar surface area (TPSA) is 131 Å². The molecule has 4 atom stereocenters. The van der Waals surface area contributed by atoms with Crippen molar-refractivity contribution in [3.63, 3.8) is 0 Å². The number of hydrogen-bond acceptors (Lipinski definition) is 8. The van der Waals surface area contributed by atoms with E-state index < -0.39 is 27.2 Å². The zero-order valence-electron chi connectivity index (χ0n) is 16.3. The summed E-state index contributed by atoms with van der Waals surface area (Å²) in [6, 6.07) is 2.78. The number of non-ortho nitro benzene ring substituents is 2. The van der Waals surface area contributed by atoms with Crippen molar-refractivity contribution in [2.45, 2.75) is 47.5 Å². The van der Waals surface area contributed by atoms with Crippen LogP contribution in [0.3, 0.4) is 0 Å². The average Bonchev–Trinajstić information content (AvgIpc) is 3.05. The van der Waals surface area contributed by atoms with Gasteiger partial charge in [0, 0.05) is 0 Å². The minimum absolute atomic E-state index is 0.0483. The van der Waals surface area contributed by atoms with Crippen molar-refractivity contribution in [2.75, 3.05) is 20.3 Å². The monoisotopic (exact) mass is 474 g/mol. The van der Waals surface area contributed by atoms with Crippen LogP contribution in [0.25, 0.3) is 0 Å². The third-order valence-electron chi connectivity index (χ3n) is 5.46. The van der Waals surface area contributed by atoms with Gasteiger partial charge in [-0.05, 0) is 0 Å². The molecule has 11 heteroatoms. The Morgan fingerprint density at radius 2 is 1.86 bits per heavy atom. The molecule has 0 radical (unpaired) electrons. The number of carbonyl (C=O) groups is 1. The predicted molar refractivity (Wildman–Crippen MR) is 102 cm³/mol. The summed E-state index contributed by atoms with van der Waals surface area (Å²) in [5, 5.41) is 22.1. The summed E-state index contributed by atoms with van der Waals surface area (Å²) in [4.78, 5) is 33.2. The summed E-state index contributed by atoms with van der Waals surface area (Å²) in [5.41, 5.74) is -1.52. The third-order valence-corrected chi connectivity index (χ3v) is 9.31. The minimum atomic E-state index is -0.830. The molecule has 29 heavy (non-hydrogen) atoms. The zero-order valence-corrected chi connectivity index (χ0v) is 18.0. The number of rotatable bonds is 7. The summed E-state index contributed by atoms with van der Waals surface area (Å²) in [7, 11) is 1.65. The van der Waals surface area contributed by atoms with E-state index in [1.165, 1.54) is 0 Å². The Labute approximate surface area is 173 Å². The maximum atomic E-state index is 12.5. The summed E-state index contributed by atoms with van der Waals surface area (Å²) >= 11 is 0.0616. The SMILES string of the molecule is COC[C@H]1[Se][C@@](C)(COC(=O)c2cc([N+](=O)[O-])cc([N+](=O)[O-])c2)[C@H]2CC[C@]1(C)O2. The molecule has 2 aliphatic rings. The maximum absolute atomic E-state index is 12.5. The van der Waals surface area contributed by atoms with Gasteiger partial charge in [0.1, 0.15) is 0 Å². The van der Waals surface area contributed by atoms with Gasteiger partial charge in [0.15, 0.2) is 0 Å². The Hall–Kier alpha value is -2.07. The van der Waals surface area contributed by atoms with E-state index in [-0.39, 0.29) is 48.0 Å². The van der Waals surface area contributed by atoms with Crippen molar-refractivity contribution in [3.8, 4) is 0 Å². The molecule has 158 valence electrons. The standard InChI is InChI=1S/C18H22N2O8Se/c1-17-5-4-14(28-17)18(2,29-15(17)9-26-3)10-27-16(21)11-6-12(19(22)23)8-13(7-11)20(24)25/h6-8,14-15H,4-5,9-10H2,1-3H3/t14-,15-,17+,18+/m1/s1. The number of nitrogens with zero attached hydrogens (tertiary/aromatic N) is 2. The third kappa shape index (κ3) is 4.28. The molecule has 1 aromatic carbocycles. The number of nitro benzene ring substituents is 2. The van der Waals surface area contributed by atoms with Crippen molar-refractivity contribution in [3.05, 3.63) is 44.0 Å². The molecule has 2 aliphatic heterocycles. The van der Waals surface area contributed by atoms with Crippen molar-refractivity contribution in [2.24, 2.45) is 0 Å². The van der Waals surface area contributed by atoms with Gasteiger partial charge < -0.3 is 0 Å². The fraction of sp³-hybridized carbons (Fsp3) is 0.611. The van der Waals surface area contributed by atoms with Crippen molar-refractivity contribution < 1.29 is 28.9 Å². The summed E-state index contributed by atoms with van der Waals surface area (Å²) in [5.74, 6) is -0.830. The molecule has 0 saturated carbocycles. The quantitative estimate of drug-likeness (QED) is 0.256. The van der Waals surface area contributed by atoms with Gasteiger partial charge in [0.05, 0.1) is 0 Å². The van der Waals surface area contributed by atoms with Crippen LogP contribution in [0.2, 0.25) is 9.13 Å². The van der Waals surface area contributed by atoms with Gasteiger partial charge in [0.2, 0.25) is 0 Å². The number of nitro groups is 2. The summed E-state index contributed by atoms with van der Waals surface area (Å²) in [6.45, 7) is 4.73. The first-order valence-corrected chi connectivity index (χ1v) is 10.9. The van der Waals surface area contributed by atoms with Crippen LogP contribution in [-0.2, 0) is 14.2 Å². The van der Waals surface area contributed by atoms with Crippen LogP contribution in [0.1, 0.15) is 37.0 Å². The molecule has 10 nitrogen and oxygen atoms in total. The fourth-order valence-electron chi connectivity index (χ4n) is 3.76. The fourth-order valence-corrected chi connectivity index (χ4v) is 7.37. The first kappa shape index (κ1) is 21.6. The first-order valence-electron chi connectivity index (χ1n) is 9.03. The van der Waals surface area contributed by atoms with Gasteiger partial charge in [-0.3, -0.25) is 0 Å². The second-order valence-corrected chi connectivity index (χ2v) is 11.3. The molecule has 0 unspecified atom stereocenters. The summed E-state index contributed by atoms with van der Waals surface area (Å²) in [6.07, 6.45) is 1.72. The molecular formula is C18H22N2O8Se. The zero-order chi connectivity index (χ0) is 21.4. The molecule has 2 heterocycles. The van der Waals surface area contributed by atoms with E-state index in [1.54, 1.807) is 7.11 Å². The number of esters is 1. The van der Waals surface area contributed by atoms with Gasteiger partial charge in [-0.2, -0.15) is 0 Å². The molecular weight excluding hydrogens is 451 g/mol. The van der Waals surface area contributed by atoms with Gasteiger partial charge in [0.25, 0.3) is 0 Å². The van der Waals surface area contributed by atoms with E-state index in [2.05, 4.69) is 6.92 Å². The van der Waals surface area contributed by atoms with E-state index in [0.29, 0.717) is 6.61 Å². The Morgan fingerprint density at radius 3 is 2.41 bits per heavy atom. The Bertz CT molecular complexity index is 817. The first-order chi connectivity index (χ1) is 13.6. The van der Waals surface area contributed by atoms with Crippen LogP contribution in [0.4, 0.5) is 11.4 Å². The number of carbonyl (C=O) groups excluding carboxylic acids is 1. The van der Waals surface area contributed by atoms with Crippen LogP contribution in [-0.4, -0.2) is 62.8 Å². The van der Waals surface area contributed by atoms with E-state index in [0.717, 1.165) is 31.0 Å². The number of methoxy groups -OCH3 is 1. The number of hydrogen-bond donors (Lipinski definition) is 0.